The fraction of sp³-hybridized carbons (Fsp3) is 0.385. The van der Waals surface area contributed by atoms with Gasteiger partial charge in [-0.15, -0.1) is 10.2 Å². The van der Waals surface area contributed by atoms with Crippen molar-refractivity contribution in [3.05, 3.63) is 40.8 Å². The van der Waals surface area contributed by atoms with Crippen molar-refractivity contribution in [3.8, 4) is 0 Å². The summed E-state index contributed by atoms with van der Waals surface area (Å²) in [5.74, 6) is 1.35. The molecule has 0 amide bonds. The van der Waals surface area contributed by atoms with Gasteiger partial charge >= 0.3 is 0 Å². The van der Waals surface area contributed by atoms with Crippen molar-refractivity contribution in [2.45, 2.75) is 36.8 Å². The summed E-state index contributed by atoms with van der Waals surface area (Å²) >= 11 is 1.56. The summed E-state index contributed by atoms with van der Waals surface area (Å²) in [7, 11) is 0. The van der Waals surface area contributed by atoms with Crippen molar-refractivity contribution in [2.75, 3.05) is 0 Å². The molecule has 0 bridgehead atoms. The first kappa shape index (κ1) is 11.7. The van der Waals surface area contributed by atoms with Gasteiger partial charge in [-0.2, -0.15) is 0 Å². The Bertz CT molecular complexity index is 553. The topological polar surface area (TPSA) is 64.9 Å². The van der Waals surface area contributed by atoms with Gasteiger partial charge in [-0.05, 0) is 36.0 Å². The second kappa shape index (κ2) is 5.12. The predicted octanol–water partition coefficient (Wildman–Crippen LogP) is 2.31. The maximum atomic E-state index is 5.43. The minimum Gasteiger partial charge on any atom is -0.415 e. The molecule has 0 atom stereocenters. The number of fused-ring (bicyclic) bond motifs is 1. The molecule has 0 spiro atoms. The van der Waals surface area contributed by atoms with Crippen LogP contribution in [0.3, 0.4) is 0 Å². The molecular weight excluding hydrogens is 246 g/mol. The first-order valence-corrected chi connectivity index (χ1v) is 7.09. The second-order valence-electron chi connectivity index (χ2n) is 4.41. The molecule has 0 saturated carbocycles. The minimum absolute atomic E-state index is 0.298. The molecule has 2 N–H and O–H groups in total. The predicted molar refractivity (Wildman–Crippen MR) is 70.2 cm³/mol. The monoisotopic (exact) mass is 261 g/mol. The standard InChI is InChI=1S/C13H15N3OS/c14-7-12-15-16-13(17-12)18-8-9-4-5-10-2-1-3-11(10)6-9/h4-6H,1-3,7-8,14H2. The van der Waals surface area contributed by atoms with Crippen LogP contribution in [-0.4, -0.2) is 10.2 Å². The molecule has 0 aliphatic heterocycles. The van der Waals surface area contributed by atoms with Gasteiger partial charge in [0.15, 0.2) is 0 Å². The lowest BCUT2D eigenvalue weighted by Gasteiger charge is -2.03. The van der Waals surface area contributed by atoms with E-state index >= 15 is 0 Å². The molecular formula is C13H15N3OS. The van der Waals surface area contributed by atoms with Crippen LogP contribution in [0.15, 0.2) is 27.8 Å². The van der Waals surface area contributed by atoms with E-state index in [1.165, 1.54) is 36.0 Å². The van der Waals surface area contributed by atoms with Crippen molar-refractivity contribution in [1.29, 1.82) is 0 Å². The lowest BCUT2D eigenvalue weighted by atomic mass is 10.1. The average Bonchev–Trinajstić information content (AvgIpc) is 3.04. The Hall–Kier alpha value is -1.33. The summed E-state index contributed by atoms with van der Waals surface area (Å²) in [4.78, 5) is 0. The van der Waals surface area contributed by atoms with Crippen molar-refractivity contribution in [3.63, 3.8) is 0 Å². The smallest absolute Gasteiger partial charge is 0.276 e. The molecule has 1 heterocycles. The van der Waals surface area contributed by atoms with Crippen molar-refractivity contribution >= 4 is 11.8 Å². The SMILES string of the molecule is NCc1nnc(SCc2ccc3c(c2)CCC3)o1. The van der Waals surface area contributed by atoms with Gasteiger partial charge in [0.1, 0.15) is 0 Å². The molecule has 1 aliphatic rings. The van der Waals surface area contributed by atoms with E-state index in [0.29, 0.717) is 17.7 Å². The minimum atomic E-state index is 0.298. The highest BCUT2D eigenvalue weighted by molar-refractivity contribution is 7.98. The van der Waals surface area contributed by atoms with E-state index in [1.807, 2.05) is 0 Å². The Morgan fingerprint density at radius 1 is 1.22 bits per heavy atom. The molecule has 94 valence electrons. The van der Waals surface area contributed by atoms with Gasteiger partial charge in [-0.25, -0.2) is 0 Å². The van der Waals surface area contributed by atoms with Gasteiger partial charge in [0, 0.05) is 5.75 Å². The summed E-state index contributed by atoms with van der Waals surface area (Å²) in [5.41, 5.74) is 9.75. The average molecular weight is 261 g/mol. The highest BCUT2D eigenvalue weighted by atomic mass is 32.2. The molecule has 18 heavy (non-hydrogen) atoms. The zero-order chi connectivity index (χ0) is 12.4. The van der Waals surface area contributed by atoms with Crippen LogP contribution in [0.4, 0.5) is 0 Å². The molecule has 1 aromatic heterocycles. The second-order valence-corrected chi connectivity index (χ2v) is 5.34. The number of nitrogens with zero attached hydrogens (tertiary/aromatic N) is 2. The molecule has 0 radical (unpaired) electrons. The van der Waals surface area contributed by atoms with E-state index in [1.54, 1.807) is 11.8 Å². The van der Waals surface area contributed by atoms with Gasteiger partial charge in [0.05, 0.1) is 6.54 Å². The van der Waals surface area contributed by atoms with Crippen LogP contribution in [0.2, 0.25) is 0 Å². The number of hydrogen-bond acceptors (Lipinski definition) is 5. The summed E-state index contributed by atoms with van der Waals surface area (Å²) in [6.45, 7) is 0.298. The lowest BCUT2D eigenvalue weighted by molar-refractivity contribution is 0.415. The lowest BCUT2D eigenvalue weighted by Crippen LogP contribution is -1.95. The van der Waals surface area contributed by atoms with Crippen LogP contribution in [0, 0.1) is 0 Å². The molecule has 0 unspecified atom stereocenters. The van der Waals surface area contributed by atoms with Gasteiger partial charge < -0.3 is 10.2 Å². The van der Waals surface area contributed by atoms with E-state index in [9.17, 15) is 0 Å². The largest absolute Gasteiger partial charge is 0.415 e. The number of aromatic nitrogens is 2. The first-order chi connectivity index (χ1) is 8.85. The molecule has 0 saturated heterocycles. The Kier molecular flexibility index (Phi) is 3.34. The van der Waals surface area contributed by atoms with Crippen molar-refractivity contribution in [1.82, 2.24) is 10.2 Å². The summed E-state index contributed by atoms with van der Waals surface area (Å²) in [5, 5.41) is 8.38. The molecule has 4 nitrogen and oxygen atoms in total. The third kappa shape index (κ3) is 2.42. The normalized spacial score (nSPS) is 13.8. The molecule has 1 aliphatic carbocycles. The number of hydrogen-bond donors (Lipinski definition) is 1. The summed E-state index contributed by atoms with van der Waals surface area (Å²) in [6.07, 6.45) is 3.73. The Balaban J connectivity index is 1.66. The summed E-state index contributed by atoms with van der Waals surface area (Å²) < 4.78 is 5.36. The maximum absolute atomic E-state index is 5.43. The maximum Gasteiger partial charge on any atom is 0.276 e. The highest BCUT2D eigenvalue weighted by Gasteiger charge is 2.11. The molecule has 0 fully saturated rings. The molecule has 3 rings (SSSR count). The van der Waals surface area contributed by atoms with Crippen LogP contribution >= 0.6 is 11.8 Å². The van der Waals surface area contributed by atoms with E-state index in [-0.39, 0.29) is 0 Å². The van der Waals surface area contributed by atoms with Crippen molar-refractivity contribution < 1.29 is 4.42 Å². The molecule has 1 aromatic carbocycles. The number of nitrogens with two attached hydrogens (primary N) is 1. The Labute approximate surface area is 110 Å². The van der Waals surface area contributed by atoms with E-state index in [4.69, 9.17) is 10.2 Å². The van der Waals surface area contributed by atoms with Gasteiger partial charge in [0.2, 0.25) is 5.89 Å². The Morgan fingerprint density at radius 2 is 2.11 bits per heavy atom. The first-order valence-electron chi connectivity index (χ1n) is 6.11. The van der Waals surface area contributed by atoms with Crippen molar-refractivity contribution in [2.24, 2.45) is 5.73 Å². The zero-order valence-electron chi connectivity index (χ0n) is 10.1. The number of rotatable bonds is 4. The van der Waals surface area contributed by atoms with Gasteiger partial charge in [-0.3, -0.25) is 0 Å². The summed E-state index contributed by atoms with van der Waals surface area (Å²) in [6, 6.07) is 6.74. The van der Waals surface area contributed by atoms with Crippen LogP contribution in [-0.2, 0) is 25.1 Å². The van der Waals surface area contributed by atoms with Gasteiger partial charge in [0.25, 0.3) is 5.22 Å². The van der Waals surface area contributed by atoms with Crippen LogP contribution < -0.4 is 5.73 Å². The van der Waals surface area contributed by atoms with E-state index in [0.717, 1.165) is 5.75 Å². The highest BCUT2D eigenvalue weighted by Crippen LogP contribution is 2.26. The number of aryl methyl sites for hydroxylation is 2. The fourth-order valence-corrected chi connectivity index (χ4v) is 2.96. The third-order valence-corrected chi connectivity index (χ3v) is 4.04. The number of benzene rings is 1. The molecule has 5 heteroatoms. The van der Waals surface area contributed by atoms with Crippen LogP contribution in [0.1, 0.15) is 29.0 Å². The Morgan fingerprint density at radius 3 is 2.94 bits per heavy atom. The zero-order valence-corrected chi connectivity index (χ0v) is 10.9. The number of thioether (sulfide) groups is 1. The fourth-order valence-electron chi connectivity index (χ4n) is 2.24. The van der Waals surface area contributed by atoms with Crippen LogP contribution in [0.5, 0.6) is 0 Å². The molecule has 2 aromatic rings. The third-order valence-electron chi connectivity index (χ3n) is 3.15. The van der Waals surface area contributed by atoms with Crippen LogP contribution in [0.25, 0.3) is 0 Å². The quantitative estimate of drug-likeness (QED) is 0.856. The van der Waals surface area contributed by atoms with E-state index in [2.05, 4.69) is 28.4 Å². The van der Waals surface area contributed by atoms with E-state index < -0.39 is 0 Å². The van der Waals surface area contributed by atoms with Gasteiger partial charge in [-0.1, -0.05) is 30.0 Å².